The largest absolute Gasteiger partial charge is 0.459 e. The lowest BCUT2D eigenvalue weighted by atomic mass is 9.77. The van der Waals surface area contributed by atoms with Gasteiger partial charge < -0.3 is 25.0 Å². The summed E-state index contributed by atoms with van der Waals surface area (Å²) in [6, 6.07) is -0.332. The molecule has 0 aliphatic carbocycles. The zero-order valence-corrected chi connectivity index (χ0v) is 19.1. The van der Waals surface area contributed by atoms with Crippen LogP contribution in [0.1, 0.15) is 74.1 Å². The number of rotatable bonds is 1. The Labute approximate surface area is 171 Å². The Morgan fingerprint density at radius 2 is 1.71 bits per heavy atom. The molecule has 7 atom stereocenters. The Morgan fingerprint density at radius 3 is 2.25 bits per heavy atom. The van der Waals surface area contributed by atoms with Crippen LogP contribution in [0.25, 0.3) is 0 Å². The highest BCUT2D eigenvalue weighted by Gasteiger charge is 2.45. The number of hydrogen-bond donors (Lipinski definition) is 3. The number of likely N-dealkylation sites (N-methyl/N-ethyl adjacent to an activating group) is 1. The van der Waals surface area contributed by atoms with Gasteiger partial charge in [-0.2, -0.15) is 0 Å². The summed E-state index contributed by atoms with van der Waals surface area (Å²) in [6.45, 7) is 14.0. The first-order valence-corrected chi connectivity index (χ1v) is 10.7. The lowest BCUT2D eigenvalue weighted by Gasteiger charge is -2.41. The molecule has 1 fully saturated rings. The number of esters is 1. The van der Waals surface area contributed by atoms with E-state index in [0.29, 0.717) is 32.2 Å². The molecule has 0 aromatic heterocycles. The first kappa shape index (κ1) is 25.3. The molecule has 3 N–H and O–H groups in total. The maximum absolute atomic E-state index is 12.7. The van der Waals surface area contributed by atoms with E-state index in [1.54, 1.807) is 6.92 Å². The van der Waals surface area contributed by atoms with Gasteiger partial charge in [-0.25, -0.2) is 0 Å². The normalized spacial score (nSPS) is 42.3. The predicted octanol–water partition coefficient (Wildman–Crippen LogP) is 2.58. The van der Waals surface area contributed by atoms with Gasteiger partial charge in [0.2, 0.25) is 0 Å². The van der Waals surface area contributed by atoms with Gasteiger partial charge in [0.25, 0.3) is 0 Å². The van der Waals surface area contributed by atoms with Crippen LogP contribution in [0.5, 0.6) is 0 Å². The lowest BCUT2D eigenvalue weighted by Crippen LogP contribution is -2.58. The third kappa shape index (κ3) is 6.68. The molecule has 6 heteroatoms. The fourth-order valence-electron chi connectivity index (χ4n) is 4.71. The molecule has 0 amide bonds. The molecule has 0 radical (unpaired) electrons. The number of cyclic esters (lactones) is 1. The number of hydrogen-bond acceptors (Lipinski definition) is 6. The minimum atomic E-state index is -1.56. The van der Waals surface area contributed by atoms with Gasteiger partial charge >= 0.3 is 5.97 Å². The van der Waals surface area contributed by atoms with Gasteiger partial charge in [0.1, 0.15) is 17.8 Å². The average molecular weight is 402 g/mol. The fourth-order valence-corrected chi connectivity index (χ4v) is 4.71. The van der Waals surface area contributed by atoms with Gasteiger partial charge in [-0.1, -0.05) is 34.6 Å². The van der Waals surface area contributed by atoms with Crippen LogP contribution in [-0.4, -0.2) is 69.7 Å². The van der Waals surface area contributed by atoms with E-state index in [2.05, 4.69) is 20.8 Å². The summed E-state index contributed by atoms with van der Waals surface area (Å²) in [4.78, 5) is 14.7. The molecule has 6 nitrogen and oxygen atoms in total. The molecule has 0 aromatic rings. The number of carbonyl (C=O) groups excluding carboxylic acids is 1. The van der Waals surface area contributed by atoms with Crippen molar-refractivity contribution in [1.29, 1.82) is 0 Å². The molecular formula is C22H43NO5. The summed E-state index contributed by atoms with van der Waals surface area (Å²) in [5.74, 6) is -0.490. The Morgan fingerprint density at radius 1 is 1.14 bits per heavy atom. The van der Waals surface area contributed by atoms with Gasteiger partial charge in [-0.3, -0.25) is 4.79 Å². The van der Waals surface area contributed by atoms with E-state index in [4.69, 9.17) is 4.74 Å². The monoisotopic (exact) mass is 401 g/mol. The molecule has 166 valence electrons. The van der Waals surface area contributed by atoms with E-state index in [0.717, 1.165) is 0 Å². The van der Waals surface area contributed by atoms with Crippen LogP contribution in [0.3, 0.4) is 0 Å². The molecular weight excluding hydrogens is 358 g/mol. The zero-order chi connectivity index (χ0) is 21.9. The molecule has 1 saturated heterocycles. The second-order valence-electron chi connectivity index (χ2n) is 10.2. The average Bonchev–Trinajstić information content (AvgIpc) is 2.55. The number of aliphatic hydroxyl groups is 3. The summed E-state index contributed by atoms with van der Waals surface area (Å²) in [5.41, 5.74) is -1.77. The molecule has 0 aromatic carbocycles. The van der Waals surface area contributed by atoms with Crippen LogP contribution in [0, 0.1) is 17.3 Å². The van der Waals surface area contributed by atoms with E-state index in [-0.39, 0.29) is 29.3 Å². The second kappa shape index (κ2) is 9.88. The van der Waals surface area contributed by atoms with E-state index in [1.165, 1.54) is 0 Å². The van der Waals surface area contributed by atoms with E-state index in [1.807, 2.05) is 32.7 Å². The Balaban J connectivity index is 3.20. The maximum atomic E-state index is 12.7. The SMILES string of the molecule is CC[C@H]1OC(=O)[C@H](C)CC(C)(C)C[C@H](O)C[C@@H](C)CN(C)[C@H](C)[C@@H](O)[C@]1(C)O. The van der Waals surface area contributed by atoms with Crippen molar-refractivity contribution < 1.29 is 24.9 Å². The molecule has 1 aliphatic rings. The highest BCUT2D eigenvalue weighted by molar-refractivity contribution is 5.72. The molecule has 0 spiro atoms. The molecule has 1 aliphatic heterocycles. The Bertz CT molecular complexity index is 507. The first-order valence-electron chi connectivity index (χ1n) is 10.7. The minimum absolute atomic E-state index is 0.208. The number of carbonyl (C=O) groups is 1. The molecule has 1 heterocycles. The zero-order valence-electron chi connectivity index (χ0n) is 19.1. The molecule has 0 saturated carbocycles. The highest BCUT2D eigenvalue weighted by atomic mass is 16.6. The summed E-state index contributed by atoms with van der Waals surface area (Å²) < 4.78 is 5.67. The van der Waals surface area contributed by atoms with E-state index < -0.39 is 23.9 Å². The van der Waals surface area contributed by atoms with Crippen LogP contribution in [0.2, 0.25) is 0 Å². The third-order valence-electron chi connectivity index (χ3n) is 6.36. The molecule has 1 rings (SSSR count). The quantitative estimate of drug-likeness (QED) is 0.585. The van der Waals surface area contributed by atoms with Crippen molar-refractivity contribution in [1.82, 2.24) is 4.90 Å². The number of nitrogens with zero attached hydrogens (tertiary/aromatic N) is 1. The lowest BCUT2D eigenvalue weighted by molar-refractivity contribution is -0.189. The van der Waals surface area contributed by atoms with Gasteiger partial charge in [-0.15, -0.1) is 0 Å². The second-order valence-corrected chi connectivity index (χ2v) is 10.2. The molecule has 28 heavy (non-hydrogen) atoms. The summed E-state index contributed by atoms with van der Waals surface area (Å²) in [5, 5.41) is 32.5. The maximum Gasteiger partial charge on any atom is 0.309 e. The van der Waals surface area contributed by atoms with Crippen molar-refractivity contribution in [3.05, 3.63) is 0 Å². The first-order chi connectivity index (χ1) is 12.7. The van der Waals surface area contributed by atoms with Gasteiger partial charge in [0, 0.05) is 12.6 Å². The smallest absolute Gasteiger partial charge is 0.309 e. The highest BCUT2D eigenvalue weighted by Crippen LogP contribution is 2.34. The van der Waals surface area contributed by atoms with Crippen LogP contribution < -0.4 is 0 Å². The topological polar surface area (TPSA) is 90.2 Å². The van der Waals surface area contributed by atoms with E-state index in [9.17, 15) is 20.1 Å². The van der Waals surface area contributed by atoms with E-state index >= 15 is 0 Å². The number of aliphatic hydroxyl groups excluding tert-OH is 2. The van der Waals surface area contributed by atoms with Crippen LogP contribution in [0.4, 0.5) is 0 Å². The van der Waals surface area contributed by atoms with Crippen LogP contribution in [0.15, 0.2) is 0 Å². The molecule has 0 bridgehead atoms. The van der Waals surface area contributed by atoms with Crippen molar-refractivity contribution >= 4 is 5.97 Å². The minimum Gasteiger partial charge on any atom is -0.459 e. The van der Waals surface area contributed by atoms with Gasteiger partial charge in [-0.05, 0) is 57.9 Å². The summed E-state index contributed by atoms with van der Waals surface area (Å²) in [7, 11) is 1.91. The van der Waals surface area contributed by atoms with Crippen molar-refractivity contribution in [2.24, 2.45) is 17.3 Å². The summed E-state index contributed by atoms with van der Waals surface area (Å²) >= 11 is 0. The summed E-state index contributed by atoms with van der Waals surface area (Å²) in [6.07, 6.45) is -0.0336. The van der Waals surface area contributed by atoms with Crippen LogP contribution in [-0.2, 0) is 9.53 Å². The predicted molar refractivity (Wildman–Crippen MR) is 111 cm³/mol. The van der Waals surface area contributed by atoms with Crippen molar-refractivity contribution in [2.45, 2.75) is 104 Å². The van der Waals surface area contributed by atoms with Gasteiger partial charge in [0.15, 0.2) is 0 Å². The number of ether oxygens (including phenoxy) is 1. The van der Waals surface area contributed by atoms with Crippen molar-refractivity contribution in [3.8, 4) is 0 Å². The Kier molecular flexibility index (Phi) is 8.94. The van der Waals surface area contributed by atoms with Crippen molar-refractivity contribution in [3.63, 3.8) is 0 Å². The molecule has 0 unspecified atom stereocenters. The van der Waals surface area contributed by atoms with Gasteiger partial charge in [0.05, 0.1) is 12.0 Å². The third-order valence-corrected chi connectivity index (χ3v) is 6.36. The van der Waals surface area contributed by atoms with Crippen LogP contribution >= 0.6 is 0 Å². The fraction of sp³-hybridized carbons (Fsp3) is 0.955. The standard InChI is InChI=1S/C22H43NO5/c1-9-18-22(7,27)19(25)16(4)23(8)13-14(2)10-17(24)12-21(5,6)11-15(3)20(26)28-18/h14-19,24-25,27H,9-13H2,1-8H3/t14-,15-,16-,17-,18-,19-,22-/m1/s1. The Hall–Kier alpha value is -0.690. The van der Waals surface area contributed by atoms with Crippen molar-refractivity contribution in [2.75, 3.05) is 13.6 Å².